The van der Waals surface area contributed by atoms with E-state index in [-0.39, 0.29) is 5.38 Å². The Balaban J connectivity index is 2.56. The lowest BCUT2D eigenvalue weighted by atomic mass is 10.3. The van der Waals surface area contributed by atoms with E-state index in [1.54, 1.807) is 0 Å². The molecule has 2 nitrogen and oxygen atoms in total. The van der Waals surface area contributed by atoms with Crippen molar-refractivity contribution < 1.29 is 0 Å². The van der Waals surface area contributed by atoms with Gasteiger partial charge in [0.15, 0.2) is 0 Å². The van der Waals surface area contributed by atoms with Crippen LogP contribution in [0.5, 0.6) is 0 Å². The maximum atomic E-state index is 6.18. The van der Waals surface area contributed by atoms with Crippen molar-refractivity contribution in [2.24, 2.45) is 0 Å². The minimum Gasteiger partial charge on any atom is -0.326 e. The Labute approximate surface area is 115 Å². The zero-order valence-electron chi connectivity index (χ0n) is 9.78. The molecule has 2 rings (SSSR count). The van der Waals surface area contributed by atoms with Gasteiger partial charge in [0.25, 0.3) is 0 Å². The minimum atomic E-state index is -0.0944. The first-order chi connectivity index (χ1) is 8.13. The molecule has 0 spiro atoms. The van der Waals surface area contributed by atoms with E-state index >= 15 is 0 Å². The summed E-state index contributed by atoms with van der Waals surface area (Å²) in [6, 6.07) is 5.75. The largest absolute Gasteiger partial charge is 0.326 e. The van der Waals surface area contributed by atoms with Gasteiger partial charge in [-0.05, 0) is 31.4 Å². The molecule has 92 valence electrons. The summed E-state index contributed by atoms with van der Waals surface area (Å²) in [4.78, 5) is 4.57. The van der Waals surface area contributed by atoms with Gasteiger partial charge in [0.05, 0.1) is 16.4 Å². The number of aromatic nitrogens is 2. The monoisotopic (exact) mass is 288 g/mol. The van der Waals surface area contributed by atoms with Crippen LogP contribution < -0.4 is 0 Å². The van der Waals surface area contributed by atoms with Crippen LogP contribution in [0.25, 0.3) is 11.0 Å². The lowest BCUT2D eigenvalue weighted by molar-refractivity contribution is 0.724. The Morgan fingerprint density at radius 2 is 2.24 bits per heavy atom. The standard InChI is InChI=1S/C12H14Cl2N2S/c1-8(13)12-15-10-4-3-9(14)7-11(10)16(12)5-6-17-2/h3-4,7-8H,5-6H2,1-2H3. The normalized spacial score (nSPS) is 13.2. The number of fused-ring (bicyclic) bond motifs is 1. The van der Waals surface area contributed by atoms with Crippen molar-refractivity contribution in [3.05, 3.63) is 29.0 Å². The molecule has 0 aliphatic carbocycles. The highest BCUT2D eigenvalue weighted by Gasteiger charge is 2.14. The fourth-order valence-corrected chi connectivity index (χ4v) is 2.53. The van der Waals surface area contributed by atoms with Crippen LogP contribution in [0, 0.1) is 0 Å². The first kappa shape index (κ1) is 13.1. The third kappa shape index (κ3) is 2.72. The van der Waals surface area contributed by atoms with Crippen molar-refractivity contribution in [1.29, 1.82) is 0 Å². The summed E-state index contributed by atoms with van der Waals surface area (Å²) in [6.45, 7) is 2.85. The molecular formula is C12H14Cl2N2S. The Morgan fingerprint density at radius 3 is 2.88 bits per heavy atom. The van der Waals surface area contributed by atoms with Crippen LogP contribution >= 0.6 is 35.0 Å². The first-order valence-electron chi connectivity index (χ1n) is 5.42. The van der Waals surface area contributed by atoms with Crippen molar-refractivity contribution >= 4 is 46.0 Å². The Morgan fingerprint density at radius 1 is 1.47 bits per heavy atom. The fourth-order valence-electron chi connectivity index (χ4n) is 1.84. The van der Waals surface area contributed by atoms with Gasteiger partial charge in [0, 0.05) is 17.3 Å². The molecule has 1 aromatic heterocycles. The summed E-state index contributed by atoms with van der Waals surface area (Å²) >= 11 is 14.0. The maximum absolute atomic E-state index is 6.18. The number of hydrogen-bond donors (Lipinski definition) is 0. The molecule has 5 heteroatoms. The third-order valence-corrected chi connectivity index (χ3v) is 3.64. The summed E-state index contributed by atoms with van der Waals surface area (Å²) in [7, 11) is 0. The van der Waals surface area contributed by atoms with E-state index in [9.17, 15) is 0 Å². The van der Waals surface area contributed by atoms with E-state index in [2.05, 4.69) is 15.8 Å². The second kappa shape index (κ2) is 5.51. The number of alkyl halides is 1. The van der Waals surface area contributed by atoms with Gasteiger partial charge in [-0.25, -0.2) is 4.98 Å². The molecule has 2 aromatic rings. The summed E-state index contributed by atoms with van der Waals surface area (Å²) in [5.41, 5.74) is 2.02. The van der Waals surface area contributed by atoms with Gasteiger partial charge in [-0.1, -0.05) is 11.6 Å². The number of thioether (sulfide) groups is 1. The molecule has 0 amide bonds. The second-order valence-electron chi connectivity index (χ2n) is 3.86. The molecule has 17 heavy (non-hydrogen) atoms. The highest BCUT2D eigenvalue weighted by molar-refractivity contribution is 7.98. The number of aryl methyl sites for hydroxylation is 1. The van der Waals surface area contributed by atoms with E-state index in [1.807, 2.05) is 36.9 Å². The van der Waals surface area contributed by atoms with E-state index in [0.29, 0.717) is 0 Å². The van der Waals surface area contributed by atoms with Crippen LogP contribution in [0.1, 0.15) is 18.1 Å². The minimum absolute atomic E-state index is 0.0944. The van der Waals surface area contributed by atoms with E-state index in [1.165, 1.54) is 0 Å². The van der Waals surface area contributed by atoms with Gasteiger partial charge < -0.3 is 4.57 Å². The number of rotatable bonds is 4. The van der Waals surface area contributed by atoms with Crippen LogP contribution in [0.3, 0.4) is 0 Å². The Kier molecular flexibility index (Phi) is 4.23. The number of nitrogens with zero attached hydrogens (tertiary/aromatic N) is 2. The van der Waals surface area contributed by atoms with Crippen molar-refractivity contribution in [2.45, 2.75) is 18.8 Å². The zero-order chi connectivity index (χ0) is 12.4. The molecule has 0 saturated heterocycles. The molecule has 0 saturated carbocycles. The lowest BCUT2D eigenvalue weighted by Crippen LogP contribution is -2.06. The van der Waals surface area contributed by atoms with Gasteiger partial charge >= 0.3 is 0 Å². The summed E-state index contributed by atoms with van der Waals surface area (Å²) in [5, 5.41) is 0.639. The Hall–Kier alpha value is -0.380. The molecule has 1 atom stereocenters. The fraction of sp³-hybridized carbons (Fsp3) is 0.417. The van der Waals surface area contributed by atoms with Crippen molar-refractivity contribution in [1.82, 2.24) is 9.55 Å². The molecule has 0 aliphatic rings. The smallest absolute Gasteiger partial charge is 0.127 e. The number of hydrogen-bond acceptors (Lipinski definition) is 2. The van der Waals surface area contributed by atoms with Crippen LogP contribution in [-0.2, 0) is 6.54 Å². The average Bonchev–Trinajstić information content (AvgIpc) is 2.64. The van der Waals surface area contributed by atoms with Gasteiger partial charge in [0.2, 0.25) is 0 Å². The van der Waals surface area contributed by atoms with Gasteiger partial charge in [-0.2, -0.15) is 11.8 Å². The SMILES string of the molecule is CSCCn1c(C(C)Cl)nc2ccc(Cl)cc21. The second-order valence-corrected chi connectivity index (χ2v) is 5.94. The molecule has 1 unspecified atom stereocenters. The highest BCUT2D eigenvalue weighted by atomic mass is 35.5. The summed E-state index contributed by atoms with van der Waals surface area (Å²) in [5.74, 6) is 1.95. The summed E-state index contributed by atoms with van der Waals surface area (Å²) in [6.07, 6.45) is 2.09. The van der Waals surface area contributed by atoms with Gasteiger partial charge in [-0.15, -0.1) is 11.6 Å². The first-order valence-corrected chi connectivity index (χ1v) is 7.63. The van der Waals surface area contributed by atoms with Crippen molar-refractivity contribution in [2.75, 3.05) is 12.0 Å². The van der Waals surface area contributed by atoms with E-state index in [0.717, 1.165) is 34.2 Å². The van der Waals surface area contributed by atoms with Crippen LogP contribution in [0.4, 0.5) is 0 Å². The highest BCUT2D eigenvalue weighted by Crippen LogP contribution is 2.26. The quantitative estimate of drug-likeness (QED) is 0.779. The molecule has 1 heterocycles. The molecule has 0 N–H and O–H groups in total. The van der Waals surface area contributed by atoms with Crippen LogP contribution in [0.2, 0.25) is 5.02 Å². The predicted molar refractivity (Wildman–Crippen MR) is 77.4 cm³/mol. The predicted octanol–water partition coefficient (Wildman–Crippen LogP) is 4.35. The summed E-state index contributed by atoms with van der Waals surface area (Å²) < 4.78 is 2.16. The molecule has 0 fully saturated rings. The van der Waals surface area contributed by atoms with Gasteiger partial charge in [-0.3, -0.25) is 0 Å². The molecule has 0 aliphatic heterocycles. The molecular weight excluding hydrogens is 275 g/mol. The van der Waals surface area contributed by atoms with E-state index < -0.39 is 0 Å². The number of imidazole rings is 1. The lowest BCUT2D eigenvalue weighted by Gasteiger charge is -2.09. The maximum Gasteiger partial charge on any atom is 0.127 e. The molecule has 0 radical (unpaired) electrons. The van der Waals surface area contributed by atoms with Crippen LogP contribution in [0.15, 0.2) is 18.2 Å². The molecule has 0 bridgehead atoms. The third-order valence-electron chi connectivity index (χ3n) is 2.61. The van der Waals surface area contributed by atoms with Crippen LogP contribution in [-0.4, -0.2) is 21.6 Å². The van der Waals surface area contributed by atoms with E-state index in [4.69, 9.17) is 23.2 Å². The molecule has 1 aromatic carbocycles. The van der Waals surface area contributed by atoms with Gasteiger partial charge in [0.1, 0.15) is 5.82 Å². The number of halogens is 2. The average molecular weight is 289 g/mol. The topological polar surface area (TPSA) is 17.8 Å². The van der Waals surface area contributed by atoms with Crippen molar-refractivity contribution in [3.63, 3.8) is 0 Å². The Bertz CT molecular complexity index is 522. The van der Waals surface area contributed by atoms with Crippen molar-refractivity contribution in [3.8, 4) is 0 Å². The zero-order valence-corrected chi connectivity index (χ0v) is 12.1. The number of benzene rings is 1.